The number of carbonyl (C=O) groups is 1. The molecule has 5 heteroatoms. The lowest BCUT2D eigenvalue weighted by molar-refractivity contribution is -0.133. The molecule has 0 aromatic carbocycles. The molecule has 1 aromatic heterocycles. The fourth-order valence-corrected chi connectivity index (χ4v) is 2.41. The van der Waals surface area contributed by atoms with Crippen LogP contribution in [0.4, 0.5) is 0 Å². The molecule has 17 heavy (non-hydrogen) atoms. The van der Waals surface area contributed by atoms with Crippen LogP contribution in [0.1, 0.15) is 38.5 Å². The van der Waals surface area contributed by atoms with Gasteiger partial charge in [0.2, 0.25) is 5.91 Å². The van der Waals surface area contributed by atoms with Gasteiger partial charge in [0, 0.05) is 13.1 Å². The molecule has 0 N–H and O–H groups in total. The summed E-state index contributed by atoms with van der Waals surface area (Å²) in [5.74, 6) is 0.127. The Balaban J connectivity index is 1.89. The smallest absolute Gasteiger partial charge is 0.244 e. The van der Waals surface area contributed by atoms with Crippen LogP contribution in [0.15, 0.2) is 12.7 Å². The molecule has 0 atom stereocenters. The first-order chi connectivity index (χ1) is 8.27. The van der Waals surface area contributed by atoms with Gasteiger partial charge >= 0.3 is 0 Å². The van der Waals surface area contributed by atoms with Crippen LogP contribution in [0.2, 0.25) is 0 Å². The summed E-state index contributed by atoms with van der Waals surface area (Å²) in [7, 11) is 1.91. The molecule has 2 rings (SSSR count). The third-order valence-electron chi connectivity index (χ3n) is 3.53. The van der Waals surface area contributed by atoms with E-state index < -0.39 is 0 Å². The van der Waals surface area contributed by atoms with Crippen molar-refractivity contribution in [2.75, 3.05) is 7.05 Å². The zero-order chi connectivity index (χ0) is 12.1. The minimum Gasteiger partial charge on any atom is -0.341 e. The summed E-state index contributed by atoms with van der Waals surface area (Å²) in [5, 5.41) is 3.96. The van der Waals surface area contributed by atoms with Crippen molar-refractivity contribution in [1.82, 2.24) is 19.7 Å². The summed E-state index contributed by atoms with van der Waals surface area (Å²) in [6.45, 7) is 0.299. The number of hydrogen-bond acceptors (Lipinski definition) is 3. The monoisotopic (exact) mass is 236 g/mol. The number of aromatic nitrogens is 3. The van der Waals surface area contributed by atoms with Gasteiger partial charge in [-0.1, -0.05) is 25.7 Å². The molecule has 0 bridgehead atoms. The van der Waals surface area contributed by atoms with Gasteiger partial charge in [-0.25, -0.2) is 9.67 Å². The molecule has 0 saturated heterocycles. The predicted octanol–water partition coefficient (Wildman–Crippen LogP) is 1.46. The second kappa shape index (κ2) is 5.80. The highest BCUT2D eigenvalue weighted by atomic mass is 16.2. The fraction of sp³-hybridized carbons (Fsp3) is 0.750. The first-order valence-corrected chi connectivity index (χ1v) is 6.35. The Morgan fingerprint density at radius 2 is 2.06 bits per heavy atom. The van der Waals surface area contributed by atoms with E-state index in [4.69, 9.17) is 0 Å². The normalized spacial score (nSPS) is 17.7. The Kier molecular flexibility index (Phi) is 4.12. The van der Waals surface area contributed by atoms with Crippen molar-refractivity contribution >= 4 is 5.91 Å². The standard InChI is InChI=1S/C12H20N4O/c1-15(11-6-4-2-3-5-7-11)12(17)8-16-10-13-9-14-16/h9-11H,2-8H2,1H3. The first-order valence-electron chi connectivity index (χ1n) is 6.35. The quantitative estimate of drug-likeness (QED) is 0.747. The van der Waals surface area contributed by atoms with Crippen LogP contribution < -0.4 is 0 Å². The number of carbonyl (C=O) groups excluding carboxylic acids is 1. The number of rotatable bonds is 3. The van der Waals surface area contributed by atoms with Crippen LogP contribution in [0, 0.1) is 0 Å². The Labute approximate surface area is 102 Å². The lowest BCUT2D eigenvalue weighted by Gasteiger charge is -2.27. The maximum absolute atomic E-state index is 12.1. The third kappa shape index (κ3) is 3.28. The van der Waals surface area contributed by atoms with Gasteiger partial charge in [-0.2, -0.15) is 5.10 Å². The zero-order valence-corrected chi connectivity index (χ0v) is 10.4. The molecular weight excluding hydrogens is 216 g/mol. The Bertz CT molecular complexity index is 341. The molecule has 1 amide bonds. The van der Waals surface area contributed by atoms with Gasteiger partial charge in [0.25, 0.3) is 0 Å². The maximum Gasteiger partial charge on any atom is 0.244 e. The van der Waals surface area contributed by atoms with E-state index in [0.29, 0.717) is 12.6 Å². The van der Waals surface area contributed by atoms with E-state index in [-0.39, 0.29) is 5.91 Å². The van der Waals surface area contributed by atoms with Gasteiger partial charge < -0.3 is 4.90 Å². The van der Waals surface area contributed by atoms with E-state index in [9.17, 15) is 4.79 Å². The van der Waals surface area contributed by atoms with E-state index in [2.05, 4.69) is 10.1 Å². The molecule has 1 fully saturated rings. The van der Waals surface area contributed by atoms with Gasteiger partial charge in [-0.3, -0.25) is 4.79 Å². The highest BCUT2D eigenvalue weighted by molar-refractivity contribution is 5.75. The van der Waals surface area contributed by atoms with E-state index in [1.807, 2.05) is 11.9 Å². The molecule has 1 saturated carbocycles. The molecule has 0 aliphatic heterocycles. The number of likely N-dealkylation sites (N-methyl/N-ethyl adjacent to an activating group) is 1. The summed E-state index contributed by atoms with van der Waals surface area (Å²) in [5.41, 5.74) is 0. The molecule has 1 aromatic rings. The lowest BCUT2D eigenvalue weighted by atomic mass is 10.1. The maximum atomic E-state index is 12.1. The van der Waals surface area contributed by atoms with Gasteiger partial charge in [0.15, 0.2) is 0 Å². The van der Waals surface area contributed by atoms with Gasteiger partial charge in [0.05, 0.1) is 0 Å². The molecule has 94 valence electrons. The lowest BCUT2D eigenvalue weighted by Crippen LogP contribution is -2.38. The summed E-state index contributed by atoms with van der Waals surface area (Å²) >= 11 is 0. The van der Waals surface area contributed by atoms with Crippen molar-refractivity contribution in [2.24, 2.45) is 0 Å². The average molecular weight is 236 g/mol. The molecule has 1 aliphatic rings. The molecule has 0 unspecified atom stereocenters. The number of hydrogen-bond donors (Lipinski definition) is 0. The SMILES string of the molecule is CN(C(=O)Cn1cncn1)C1CCCCCC1. The average Bonchev–Trinajstić information content (AvgIpc) is 2.68. The Morgan fingerprint density at radius 1 is 1.35 bits per heavy atom. The van der Waals surface area contributed by atoms with Crippen LogP contribution >= 0.6 is 0 Å². The van der Waals surface area contributed by atoms with E-state index >= 15 is 0 Å². The number of amides is 1. The van der Waals surface area contributed by atoms with Crippen molar-refractivity contribution in [3.63, 3.8) is 0 Å². The fourth-order valence-electron chi connectivity index (χ4n) is 2.41. The van der Waals surface area contributed by atoms with Crippen LogP contribution in [0.5, 0.6) is 0 Å². The molecule has 1 heterocycles. The van der Waals surface area contributed by atoms with E-state index in [0.717, 1.165) is 12.8 Å². The molecule has 0 spiro atoms. The molecule has 0 radical (unpaired) electrons. The number of nitrogens with zero attached hydrogens (tertiary/aromatic N) is 4. The highest BCUT2D eigenvalue weighted by Crippen LogP contribution is 2.21. The van der Waals surface area contributed by atoms with Crippen LogP contribution in [0.3, 0.4) is 0 Å². The largest absolute Gasteiger partial charge is 0.341 e. The second-order valence-corrected chi connectivity index (χ2v) is 4.74. The van der Waals surface area contributed by atoms with Crippen LogP contribution in [-0.4, -0.2) is 38.7 Å². The summed E-state index contributed by atoms with van der Waals surface area (Å²) < 4.78 is 1.58. The predicted molar refractivity (Wildman–Crippen MR) is 64.3 cm³/mol. The summed E-state index contributed by atoms with van der Waals surface area (Å²) in [6.07, 6.45) is 10.4. The van der Waals surface area contributed by atoms with Crippen molar-refractivity contribution in [1.29, 1.82) is 0 Å². The van der Waals surface area contributed by atoms with Crippen LogP contribution in [0.25, 0.3) is 0 Å². The second-order valence-electron chi connectivity index (χ2n) is 4.74. The summed E-state index contributed by atoms with van der Waals surface area (Å²) in [6, 6.07) is 0.411. The van der Waals surface area contributed by atoms with Gasteiger partial charge in [0.1, 0.15) is 19.2 Å². The Morgan fingerprint density at radius 3 is 2.65 bits per heavy atom. The zero-order valence-electron chi connectivity index (χ0n) is 10.4. The van der Waals surface area contributed by atoms with Gasteiger partial charge in [-0.05, 0) is 12.8 Å². The third-order valence-corrected chi connectivity index (χ3v) is 3.53. The Hall–Kier alpha value is -1.39. The highest BCUT2D eigenvalue weighted by Gasteiger charge is 2.21. The van der Waals surface area contributed by atoms with E-state index in [1.165, 1.54) is 32.0 Å². The first kappa shape index (κ1) is 12.1. The minimum absolute atomic E-state index is 0.127. The minimum atomic E-state index is 0.127. The van der Waals surface area contributed by atoms with Crippen LogP contribution in [-0.2, 0) is 11.3 Å². The molecular formula is C12H20N4O. The topological polar surface area (TPSA) is 51.0 Å². The molecule has 1 aliphatic carbocycles. The van der Waals surface area contributed by atoms with Gasteiger partial charge in [-0.15, -0.1) is 0 Å². The van der Waals surface area contributed by atoms with Crippen molar-refractivity contribution < 1.29 is 4.79 Å². The van der Waals surface area contributed by atoms with Crippen molar-refractivity contribution in [2.45, 2.75) is 51.1 Å². The van der Waals surface area contributed by atoms with E-state index in [1.54, 1.807) is 11.0 Å². The molecule has 5 nitrogen and oxygen atoms in total. The van der Waals surface area contributed by atoms with Crippen molar-refractivity contribution in [3.8, 4) is 0 Å². The summed E-state index contributed by atoms with van der Waals surface area (Å²) in [4.78, 5) is 17.8. The van der Waals surface area contributed by atoms with Crippen molar-refractivity contribution in [3.05, 3.63) is 12.7 Å².